The van der Waals surface area contributed by atoms with Crippen LogP contribution in [0.4, 0.5) is 0 Å². The Morgan fingerprint density at radius 3 is 2.72 bits per heavy atom. The lowest BCUT2D eigenvalue weighted by Crippen LogP contribution is -2.25. The first-order valence-electron chi connectivity index (χ1n) is 5.75. The van der Waals surface area contributed by atoms with Gasteiger partial charge in [0.15, 0.2) is 0 Å². The molecule has 0 radical (unpaired) electrons. The lowest BCUT2D eigenvalue weighted by atomic mass is 10.2. The largest absolute Gasteiger partial charge is 0.347 e. The van der Waals surface area contributed by atoms with Crippen molar-refractivity contribution in [2.24, 2.45) is 0 Å². The molecule has 5 heteroatoms. The molecular formula is C13H14ClN3O. The van der Waals surface area contributed by atoms with Crippen molar-refractivity contribution >= 4 is 17.5 Å². The number of carbonyl (C=O) groups excluding carboxylic acids is 1. The molecule has 1 amide bonds. The van der Waals surface area contributed by atoms with Crippen LogP contribution in [0.15, 0.2) is 36.5 Å². The third kappa shape index (κ3) is 2.90. The Bertz CT molecular complexity index is 533. The van der Waals surface area contributed by atoms with E-state index in [4.69, 9.17) is 11.6 Å². The predicted octanol–water partition coefficient (Wildman–Crippen LogP) is 2.49. The minimum Gasteiger partial charge on any atom is -0.347 e. The molecule has 1 aromatic heterocycles. The fourth-order valence-corrected chi connectivity index (χ4v) is 1.78. The molecular weight excluding hydrogens is 250 g/mol. The lowest BCUT2D eigenvalue weighted by Gasteiger charge is -2.06. The van der Waals surface area contributed by atoms with E-state index >= 15 is 0 Å². The van der Waals surface area contributed by atoms with Crippen molar-refractivity contribution in [1.82, 2.24) is 15.1 Å². The van der Waals surface area contributed by atoms with Crippen LogP contribution in [-0.2, 0) is 13.1 Å². The molecule has 2 aromatic rings. The van der Waals surface area contributed by atoms with E-state index in [1.54, 1.807) is 29.1 Å². The Morgan fingerprint density at radius 2 is 2.06 bits per heavy atom. The second-order valence-electron chi connectivity index (χ2n) is 3.84. The highest BCUT2D eigenvalue weighted by atomic mass is 35.5. The van der Waals surface area contributed by atoms with Crippen LogP contribution >= 0.6 is 11.6 Å². The standard InChI is InChI=1S/C13H14ClN3O/c1-2-17-12(7-8-16-17)13(18)15-9-10-3-5-11(14)6-4-10/h3-8H,2,9H2,1H3,(H,15,18). The zero-order chi connectivity index (χ0) is 13.0. The zero-order valence-electron chi connectivity index (χ0n) is 10.1. The maximum Gasteiger partial charge on any atom is 0.269 e. The summed E-state index contributed by atoms with van der Waals surface area (Å²) in [6, 6.07) is 9.10. The summed E-state index contributed by atoms with van der Waals surface area (Å²) in [6.07, 6.45) is 1.63. The first-order chi connectivity index (χ1) is 8.70. The molecule has 0 aliphatic rings. The summed E-state index contributed by atoms with van der Waals surface area (Å²) < 4.78 is 1.66. The summed E-state index contributed by atoms with van der Waals surface area (Å²) >= 11 is 5.80. The van der Waals surface area contributed by atoms with Crippen molar-refractivity contribution in [3.8, 4) is 0 Å². The van der Waals surface area contributed by atoms with Crippen LogP contribution in [0.2, 0.25) is 5.02 Å². The second-order valence-corrected chi connectivity index (χ2v) is 4.28. The summed E-state index contributed by atoms with van der Waals surface area (Å²) in [5, 5.41) is 7.60. The van der Waals surface area contributed by atoms with Crippen LogP contribution in [-0.4, -0.2) is 15.7 Å². The first kappa shape index (κ1) is 12.6. The molecule has 0 aliphatic carbocycles. The van der Waals surface area contributed by atoms with Gasteiger partial charge in [-0.05, 0) is 30.7 Å². The van der Waals surface area contributed by atoms with E-state index in [0.717, 1.165) is 5.56 Å². The molecule has 0 saturated carbocycles. The number of halogens is 1. The third-order valence-electron chi connectivity index (χ3n) is 2.62. The average molecular weight is 264 g/mol. The molecule has 0 fully saturated rings. The normalized spacial score (nSPS) is 10.3. The van der Waals surface area contributed by atoms with Crippen molar-refractivity contribution < 1.29 is 4.79 Å². The number of hydrogen-bond acceptors (Lipinski definition) is 2. The van der Waals surface area contributed by atoms with Gasteiger partial charge in [-0.2, -0.15) is 5.10 Å². The predicted molar refractivity (Wildman–Crippen MR) is 70.5 cm³/mol. The van der Waals surface area contributed by atoms with Crippen LogP contribution in [0.3, 0.4) is 0 Å². The monoisotopic (exact) mass is 263 g/mol. The van der Waals surface area contributed by atoms with Crippen molar-refractivity contribution in [3.63, 3.8) is 0 Å². The number of aromatic nitrogens is 2. The van der Waals surface area contributed by atoms with E-state index in [9.17, 15) is 4.79 Å². The fourth-order valence-electron chi connectivity index (χ4n) is 1.65. The minimum atomic E-state index is -0.121. The molecule has 0 aliphatic heterocycles. The molecule has 18 heavy (non-hydrogen) atoms. The van der Waals surface area contributed by atoms with Crippen molar-refractivity contribution in [2.45, 2.75) is 20.0 Å². The van der Waals surface area contributed by atoms with E-state index < -0.39 is 0 Å². The number of aryl methyl sites for hydroxylation is 1. The highest BCUT2D eigenvalue weighted by molar-refractivity contribution is 6.30. The molecule has 2 rings (SSSR count). The highest BCUT2D eigenvalue weighted by Gasteiger charge is 2.10. The van der Waals surface area contributed by atoms with Gasteiger partial charge in [-0.25, -0.2) is 0 Å². The Hall–Kier alpha value is -1.81. The van der Waals surface area contributed by atoms with Gasteiger partial charge < -0.3 is 5.32 Å². The molecule has 0 spiro atoms. The summed E-state index contributed by atoms with van der Waals surface area (Å²) in [6.45, 7) is 3.10. The summed E-state index contributed by atoms with van der Waals surface area (Å²) in [4.78, 5) is 11.9. The molecule has 1 aromatic carbocycles. The van der Waals surface area contributed by atoms with Gasteiger partial charge in [-0.3, -0.25) is 9.48 Å². The van der Waals surface area contributed by atoms with Crippen LogP contribution in [0, 0.1) is 0 Å². The second kappa shape index (κ2) is 5.69. The van der Waals surface area contributed by atoms with Gasteiger partial charge in [0.25, 0.3) is 5.91 Å². The number of nitrogens with zero attached hydrogens (tertiary/aromatic N) is 2. The van der Waals surface area contributed by atoms with E-state index in [1.807, 2.05) is 19.1 Å². The van der Waals surface area contributed by atoms with Crippen LogP contribution < -0.4 is 5.32 Å². The zero-order valence-corrected chi connectivity index (χ0v) is 10.8. The number of hydrogen-bond donors (Lipinski definition) is 1. The maximum absolute atomic E-state index is 11.9. The van der Waals surface area contributed by atoms with E-state index in [-0.39, 0.29) is 5.91 Å². The van der Waals surface area contributed by atoms with Gasteiger partial charge in [0.2, 0.25) is 0 Å². The molecule has 4 nitrogen and oxygen atoms in total. The Balaban J connectivity index is 1.98. The SMILES string of the molecule is CCn1nccc1C(=O)NCc1ccc(Cl)cc1. The van der Waals surface area contributed by atoms with E-state index in [2.05, 4.69) is 10.4 Å². The van der Waals surface area contributed by atoms with Crippen molar-refractivity contribution in [3.05, 3.63) is 52.8 Å². The Labute approximate surface area is 111 Å². The lowest BCUT2D eigenvalue weighted by molar-refractivity contribution is 0.0940. The Kier molecular flexibility index (Phi) is 3.99. The fraction of sp³-hybridized carbons (Fsp3) is 0.231. The molecule has 1 heterocycles. The van der Waals surface area contributed by atoms with Gasteiger partial charge in [-0.1, -0.05) is 23.7 Å². The van der Waals surface area contributed by atoms with E-state index in [1.165, 1.54) is 0 Å². The number of amides is 1. The molecule has 0 saturated heterocycles. The topological polar surface area (TPSA) is 46.9 Å². The Morgan fingerprint density at radius 1 is 1.33 bits per heavy atom. The number of benzene rings is 1. The highest BCUT2D eigenvalue weighted by Crippen LogP contribution is 2.09. The van der Waals surface area contributed by atoms with Gasteiger partial charge in [-0.15, -0.1) is 0 Å². The van der Waals surface area contributed by atoms with Gasteiger partial charge in [0, 0.05) is 24.3 Å². The van der Waals surface area contributed by atoms with E-state index in [0.29, 0.717) is 23.8 Å². The van der Waals surface area contributed by atoms with Gasteiger partial charge in [0.05, 0.1) is 0 Å². The summed E-state index contributed by atoms with van der Waals surface area (Å²) in [5.74, 6) is -0.121. The number of rotatable bonds is 4. The summed E-state index contributed by atoms with van der Waals surface area (Å²) in [5.41, 5.74) is 1.58. The van der Waals surface area contributed by atoms with Gasteiger partial charge in [0.1, 0.15) is 5.69 Å². The smallest absolute Gasteiger partial charge is 0.269 e. The van der Waals surface area contributed by atoms with Crippen LogP contribution in [0.25, 0.3) is 0 Å². The van der Waals surface area contributed by atoms with Crippen molar-refractivity contribution in [2.75, 3.05) is 0 Å². The van der Waals surface area contributed by atoms with Crippen LogP contribution in [0.5, 0.6) is 0 Å². The quantitative estimate of drug-likeness (QED) is 0.921. The molecule has 0 unspecified atom stereocenters. The number of carbonyl (C=O) groups is 1. The maximum atomic E-state index is 11.9. The molecule has 0 bridgehead atoms. The molecule has 94 valence electrons. The minimum absolute atomic E-state index is 0.121. The molecule has 0 atom stereocenters. The van der Waals surface area contributed by atoms with Crippen LogP contribution in [0.1, 0.15) is 23.0 Å². The average Bonchev–Trinajstić information content (AvgIpc) is 2.86. The first-order valence-corrected chi connectivity index (χ1v) is 6.13. The third-order valence-corrected chi connectivity index (χ3v) is 2.87. The molecule has 1 N–H and O–H groups in total. The summed E-state index contributed by atoms with van der Waals surface area (Å²) in [7, 11) is 0. The van der Waals surface area contributed by atoms with Crippen molar-refractivity contribution in [1.29, 1.82) is 0 Å². The number of nitrogens with one attached hydrogen (secondary N) is 1. The van der Waals surface area contributed by atoms with Gasteiger partial charge >= 0.3 is 0 Å².